The van der Waals surface area contributed by atoms with Crippen molar-refractivity contribution >= 4 is 58.0 Å². The van der Waals surface area contributed by atoms with Gasteiger partial charge in [-0.05, 0) is 82.5 Å². The summed E-state index contributed by atoms with van der Waals surface area (Å²) in [5, 5.41) is 11.1. The molecule has 0 radical (unpaired) electrons. The molecule has 0 aliphatic heterocycles. The van der Waals surface area contributed by atoms with Crippen molar-refractivity contribution in [2.24, 2.45) is 0 Å². The minimum atomic E-state index is -3.94. The van der Waals surface area contributed by atoms with Gasteiger partial charge >= 0.3 is 7.60 Å². The molecule has 0 amide bonds. The van der Waals surface area contributed by atoms with Crippen molar-refractivity contribution in [2.75, 3.05) is 12.0 Å². The molecule has 0 saturated heterocycles. The number of rotatable bonds is 8. The Labute approximate surface area is 224 Å². The minimum absolute atomic E-state index is 0.172. The molecule has 10 heteroatoms. The van der Waals surface area contributed by atoms with E-state index in [0.29, 0.717) is 26.9 Å². The first-order chi connectivity index (χ1) is 16.5. The maximum atomic E-state index is 14.3. The van der Waals surface area contributed by atoms with Gasteiger partial charge in [-0.1, -0.05) is 27.5 Å². The summed E-state index contributed by atoms with van der Waals surface area (Å²) in [6.45, 7) is 7.12. The van der Waals surface area contributed by atoms with Gasteiger partial charge in [0.1, 0.15) is 17.3 Å². The zero-order valence-electron chi connectivity index (χ0n) is 20.1. The highest BCUT2D eigenvalue weighted by molar-refractivity contribution is 9.10. The van der Waals surface area contributed by atoms with Crippen LogP contribution in [0.2, 0.25) is 5.02 Å². The Hall–Kier alpha value is -1.85. The topological polar surface area (TPSA) is 89.2 Å². The summed E-state index contributed by atoms with van der Waals surface area (Å²) in [7, 11) is -3.94. The summed E-state index contributed by atoms with van der Waals surface area (Å²) < 4.78 is 28.8. The van der Waals surface area contributed by atoms with Gasteiger partial charge in [-0.2, -0.15) is 9.83 Å². The molecule has 0 fully saturated rings. The van der Waals surface area contributed by atoms with Crippen LogP contribution < -0.4 is 15.6 Å². The van der Waals surface area contributed by atoms with Crippen LogP contribution in [-0.4, -0.2) is 18.5 Å². The third kappa shape index (κ3) is 5.94. The van der Waals surface area contributed by atoms with Gasteiger partial charge in [0.15, 0.2) is 11.0 Å². The summed E-state index contributed by atoms with van der Waals surface area (Å²) >= 11 is 10.9. The molecule has 0 bridgehead atoms. The van der Waals surface area contributed by atoms with E-state index in [-0.39, 0.29) is 11.1 Å². The van der Waals surface area contributed by atoms with E-state index in [2.05, 4.69) is 22.0 Å². The van der Waals surface area contributed by atoms with E-state index in [1.165, 1.54) is 11.8 Å². The predicted octanol–water partition coefficient (Wildman–Crippen LogP) is 6.89. The second kappa shape index (κ2) is 11.5. The predicted molar refractivity (Wildman–Crippen MR) is 147 cm³/mol. The highest BCUT2D eigenvalue weighted by Gasteiger charge is 2.42. The smallest absolute Gasteiger partial charge is 0.302 e. The van der Waals surface area contributed by atoms with Gasteiger partial charge in [-0.15, -0.1) is 11.8 Å². The highest BCUT2D eigenvalue weighted by atomic mass is 79.9. The summed E-state index contributed by atoms with van der Waals surface area (Å²) in [6.07, 6.45) is 0.997. The highest BCUT2D eigenvalue weighted by Crippen LogP contribution is 2.53. The lowest BCUT2D eigenvalue weighted by atomic mass is 10.0. The molecule has 0 atom stereocenters. The molecule has 35 heavy (non-hydrogen) atoms. The lowest BCUT2D eigenvalue weighted by Gasteiger charge is -2.26. The second-order valence-corrected chi connectivity index (χ2v) is 12.3. The van der Waals surface area contributed by atoms with Crippen molar-refractivity contribution in [1.82, 2.24) is 0 Å². The molecule has 1 aromatic heterocycles. The van der Waals surface area contributed by atoms with Crippen LogP contribution in [0.25, 0.3) is 16.9 Å². The van der Waals surface area contributed by atoms with E-state index < -0.39 is 19.8 Å². The molecule has 1 heterocycles. The number of thioether (sulfide) groups is 1. The van der Waals surface area contributed by atoms with Gasteiger partial charge in [-0.3, -0.25) is 10.3 Å². The number of nitriles is 1. The van der Waals surface area contributed by atoms with Crippen LogP contribution >= 0.6 is 46.9 Å². The number of hydrogen-bond acceptors (Lipinski definition) is 6. The van der Waals surface area contributed by atoms with E-state index in [9.17, 15) is 9.83 Å². The SMILES string of the molecule is CSc1c(C#N)c(-c2ccc(Cl)cc2)[n+](-c2ccc(Br)cc2)c(N)c1P(=O)(OC(C)C)OC(C)C. The average molecular weight is 596 g/mol. The van der Waals surface area contributed by atoms with Crippen molar-refractivity contribution < 1.29 is 18.2 Å². The van der Waals surface area contributed by atoms with E-state index in [0.717, 1.165) is 10.0 Å². The summed E-state index contributed by atoms with van der Waals surface area (Å²) in [5.41, 5.74) is 9.11. The normalized spacial score (nSPS) is 11.8. The van der Waals surface area contributed by atoms with Gasteiger partial charge in [0.25, 0.3) is 5.82 Å². The van der Waals surface area contributed by atoms with Crippen LogP contribution in [0.3, 0.4) is 0 Å². The molecule has 6 nitrogen and oxygen atoms in total. The fourth-order valence-electron chi connectivity index (χ4n) is 3.67. The molecule has 3 rings (SSSR count). The fourth-order valence-corrected chi connectivity index (χ4v) is 7.43. The van der Waals surface area contributed by atoms with Gasteiger partial charge in [0.05, 0.1) is 17.1 Å². The molecule has 0 spiro atoms. The zero-order chi connectivity index (χ0) is 25.9. The number of nitrogens with two attached hydrogens (primary N) is 1. The maximum Gasteiger partial charge on any atom is 0.371 e. The van der Waals surface area contributed by atoms with Crippen molar-refractivity contribution in [3.63, 3.8) is 0 Å². The van der Waals surface area contributed by atoms with Crippen molar-refractivity contribution in [3.8, 4) is 23.0 Å². The Morgan fingerprint density at radius 3 is 2.06 bits per heavy atom. The van der Waals surface area contributed by atoms with Crippen LogP contribution in [0.5, 0.6) is 0 Å². The van der Waals surface area contributed by atoms with E-state index in [1.807, 2.05) is 42.7 Å². The molecule has 0 saturated carbocycles. The van der Waals surface area contributed by atoms with Crippen LogP contribution in [0, 0.1) is 11.3 Å². The lowest BCUT2D eigenvalue weighted by Crippen LogP contribution is -2.44. The number of aromatic nitrogens is 1. The van der Waals surface area contributed by atoms with Gasteiger partial charge in [0, 0.05) is 15.1 Å². The van der Waals surface area contributed by atoms with Crippen molar-refractivity contribution in [3.05, 3.63) is 63.6 Å². The fraction of sp³-hybridized carbons (Fsp3) is 0.280. The van der Waals surface area contributed by atoms with Crippen molar-refractivity contribution in [1.29, 1.82) is 5.26 Å². The van der Waals surface area contributed by atoms with Crippen LogP contribution in [0.4, 0.5) is 5.82 Å². The van der Waals surface area contributed by atoms with Crippen LogP contribution in [0.1, 0.15) is 33.3 Å². The first-order valence-corrected chi connectivity index (χ1v) is 14.8. The molecular weight excluding hydrogens is 569 g/mol. The Morgan fingerprint density at radius 2 is 1.60 bits per heavy atom. The zero-order valence-corrected chi connectivity index (χ0v) is 24.1. The quantitative estimate of drug-likeness (QED) is 0.173. The second-order valence-electron chi connectivity index (χ2n) is 8.23. The molecule has 2 N–H and O–H groups in total. The molecule has 2 aromatic carbocycles. The number of pyridine rings is 1. The number of hydrogen-bond donors (Lipinski definition) is 1. The maximum absolute atomic E-state index is 14.3. The number of halogens is 2. The Balaban J connectivity index is 2.55. The number of nitrogens with zero attached hydrogens (tertiary/aromatic N) is 2. The third-order valence-corrected chi connectivity index (χ3v) is 9.02. The Kier molecular flexibility index (Phi) is 9.09. The number of benzene rings is 2. The van der Waals surface area contributed by atoms with Gasteiger partial charge < -0.3 is 9.05 Å². The van der Waals surface area contributed by atoms with E-state index >= 15 is 0 Å². The largest absolute Gasteiger partial charge is 0.371 e. The monoisotopic (exact) mass is 594 g/mol. The summed E-state index contributed by atoms with van der Waals surface area (Å²) in [5.74, 6) is 0.172. The molecule has 0 aliphatic carbocycles. The third-order valence-electron chi connectivity index (χ3n) is 4.88. The average Bonchev–Trinajstić information content (AvgIpc) is 2.78. The number of nitrogen functional groups attached to an aromatic ring is 1. The lowest BCUT2D eigenvalue weighted by molar-refractivity contribution is -0.567. The standard InChI is InChI=1S/C25H26BrClN3O3PS/c1-15(2)32-34(31,33-16(3)4)23-24(35-5)21(14-28)22(17-6-10-19(27)11-7-17)30(25(23)29)20-12-8-18(26)9-13-20/h6-13,15-16,29H,1-5H3/p+1. The van der Waals surface area contributed by atoms with E-state index in [4.69, 9.17) is 26.4 Å². The Morgan fingerprint density at radius 1 is 1.06 bits per heavy atom. The molecular formula is C25H27BrClN3O3PS+. The first kappa shape index (κ1) is 27.7. The molecule has 184 valence electrons. The summed E-state index contributed by atoms with van der Waals surface area (Å²) in [4.78, 5) is 0.452. The molecule has 0 unspecified atom stereocenters. The molecule has 3 aromatic rings. The number of anilines is 1. The first-order valence-electron chi connectivity index (χ1n) is 10.9. The van der Waals surface area contributed by atoms with Gasteiger partial charge in [0.2, 0.25) is 0 Å². The van der Waals surface area contributed by atoms with Crippen molar-refractivity contribution in [2.45, 2.75) is 44.8 Å². The van der Waals surface area contributed by atoms with Crippen LogP contribution in [-0.2, 0) is 13.6 Å². The Bertz CT molecular complexity index is 1300. The van der Waals surface area contributed by atoms with Gasteiger partial charge in [-0.25, -0.2) is 0 Å². The minimum Gasteiger partial charge on any atom is -0.302 e. The van der Waals surface area contributed by atoms with Crippen LogP contribution in [0.15, 0.2) is 57.9 Å². The summed E-state index contributed by atoms with van der Waals surface area (Å²) in [6, 6.07) is 16.9. The van der Waals surface area contributed by atoms with E-state index in [1.54, 1.807) is 44.4 Å². The molecule has 0 aliphatic rings.